The molecule has 1 aliphatic rings. The average molecular weight is 390 g/mol. The molecule has 144 valence electrons. The second-order valence-electron chi connectivity index (χ2n) is 6.98. The summed E-state index contributed by atoms with van der Waals surface area (Å²) < 4.78 is 0. The van der Waals surface area contributed by atoms with Crippen LogP contribution in [0.5, 0.6) is 0 Å². The zero-order chi connectivity index (χ0) is 19.2. The SMILES string of the molecule is C[C@@H](CNc1nc(Cl)nc(N[C@H]2CC[C@H](C(=O)O)CC2)n1)c1ccccc1. The van der Waals surface area contributed by atoms with Gasteiger partial charge in [0.1, 0.15) is 0 Å². The Morgan fingerprint density at radius 1 is 1.15 bits per heavy atom. The number of nitrogens with zero attached hydrogens (tertiary/aromatic N) is 3. The van der Waals surface area contributed by atoms with Crippen molar-refractivity contribution < 1.29 is 9.90 Å². The zero-order valence-electron chi connectivity index (χ0n) is 15.2. The van der Waals surface area contributed by atoms with E-state index in [1.165, 1.54) is 5.56 Å². The maximum atomic E-state index is 11.1. The molecule has 1 saturated carbocycles. The molecule has 1 aromatic carbocycles. The highest BCUT2D eigenvalue weighted by Gasteiger charge is 2.26. The monoisotopic (exact) mass is 389 g/mol. The molecule has 1 heterocycles. The van der Waals surface area contributed by atoms with Crippen LogP contribution in [0.15, 0.2) is 30.3 Å². The molecule has 0 spiro atoms. The molecule has 7 nitrogen and oxygen atoms in total. The topological polar surface area (TPSA) is 100 Å². The largest absolute Gasteiger partial charge is 0.481 e. The van der Waals surface area contributed by atoms with E-state index in [0.29, 0.717) is 37.2 Å². The molecule has 0 saturated heterocycles. The number of aromatic nitrogens is 3. The molecule has 2 aromatic rings. The standard InChI is InChI=1S/C19H24ClN5O2/c1-12(13-5-3-2-4-6-13)11-21-18-23-17(20)24-19(25-18)22-15-9-7-14(8-10-15)16(26)27/h2-6,12,14-15H,7-11H2,1H3,(H,26,27)(H2,21,22,23,24,25)/t12-,14-,15-/m0/s1. The fourth-order valence-corrected chi connectivity index (χ4v) is 3.46. The normalized spacial score (nSPS) is 20.7. The Morgan fingerprint density at radius 2 is 1.81 bits per heavy atom. The van der Waals surface area contributed by atoms with Crippen LogP contribution in [-0.4, -0.2) is 38.6 Å². The molecule has 1 fully saturated rings. The number of anilines is 2. The molecule has 8 heteroatoms. The van der Waals surface area contributed by atoms with Gasteiger partial charge in [0.15, 0.2) is 0 Å². The van der Waals surface area contributed by atoms with E-state index >= 15 is 0 Å². The molecule has 0 amide bonds. The lowest BCUT2D eigenvalue weighted by molar-refractivity contribution is -0.142. The summed E-state index contributed by atoms with van der Waals surface area (Å²) in [6, 6.07) is 10.4. The third-order valence-electron chi connectivity index (χ3n) is 4.95. The molecule has 3 N–H and O–H groups in total. The molecule has 27 heavy (non-hydrogen) atoms. The minimum atomic E-state index is -0.712. The Bertz CT molecular complexity index is 766. The van der Waals surface area contributed by atoms with Crippen molar-refractivity contribution >= 4 is 29.5 Å². The van der Waals surface area contributed by atoms with E-state index < -0.39 is 5.97 Å². The number of nitrogens with one attached hydrogen (secondary N) is 2. The summed E-state index contributed by atoms with van der Waals surface area (Å²) in [6.07, 6.45) is 2.86. The van der Waals surface area contributed by atoms with Gasteiger partial charge in [-0.2, -0.15) is 15.0 Å². The number of hydrogen-bond donors (Lipinski definition) is 3. The lowest BCUT2D eigenvalue weighted by Crippen LogP contribution is -2.30. The molecule has 1 aromatic heterocycles. The molecule has 0 radical (unpaired) electrons. The fraction of sp³-hybridized carbons (Fsp3) is 0.474. The molecular formula is C19H24ClN5O2. The van der Waals surface area contributed by atoms with E-state index in [1.54, 1.807) is 0 Å². The quantitative estimate of drug-likeness (QED) is 0.662. The van der Waals surface area contributed by atoms with Gasteiger partial charge in [-0.15, -0.1) is 0 Å². The van der Waals surface area contributed by atoms with Gasteiger partial charge in [0.25, 0.3) is 0 Å². The highest BCUT2D eigenvalue weighted by Crippen LogP contribution is 2.26. The second kappa shape index (κ2) is 8.99. The minimum absolute atomic E-state index is 0.126. The van der Waals surface area contributed by atoms with Crippen LogP contribution in [0.3, 0.4) is 0 Å². The van der Waals surface area contributed by atoms with Gasteiger partial charge in [-0.3, -0.25) is 4.79 Å². The van der Waals surface area contributed by atoms with Crippen molar-refractivity contribution in [2.75, 3.05) is 17.2 Å². The first-order chi connectivity index (χ1) is 13.0. The first-order valence-corrected chi connectivity index (χ1v) is 9.59. The van der Waals surface area contributed by atoms with Crippen molar-refractivity contribution in [2.45, 2.75) is 44.6 Å². The summed E-state index contributed by atoms with van der Waals surface area (Å²) in [7, 11) is 0. The third-order valence-corrected chi connectivity index (χ3v) is 5.12. The predicted molar refractivity (Wildman–Crippen MR) is 105 cm³/mol. The maximum absolute atomic E-state index is 11.1. The molecule has 3 rings (SSSR count). The van der Waals surface area contributed by atoms with E-state index in [1.807, 2.05) is 18.2 Å². The van der Waals surface area contributed by atoms with Crippen LogP contribution >= 0.6 is 11.6 Å². The van der Waals surface area contributed by atoms with E-state index in [4.69, 9.17) is 16.7 Å². The Balaban J connectivity index is 1.57. The van der Waals surface area contributed by atoms with Crippen molar-refractivity contribution in [1.29, 1.82) is 0 Å². The van der Waals surface area contributed by atoms with Gasteiger partial charge in [-0.05, 0) is 48.8 Å². The summed E-state index contributed by atoms with van der Waals surface area (Å²) in [5.41, 5.74) is 1.23. The van der Waals surface area contributed by atoms with Gasteiger partial charge < -0.3 is 15.7 Å². The first kappa shape index (κ1) is 19.4. The Hall–Kier alpha value is -2.41. The summed E-state index contributed by atoms with van der Waals surface area (Å²) >= 11 is 6.04. The molecule has 1 atom stereocenters. The number of aliphatic carboxylic acids is 1. The van der Waals surface area contributed by atoms with Crippen LogP contribution in [0.25, 0.3) is 0 Å². The van der Waals surface area contributed by atoms with Gasteiger partial charge >= 0.3 is 5.97 Å². The Labute approximate surface area is 163 Å². The van der Waals surface area contributed by atoms with Gasteiger partial charge in [-0.25, -0.2) is 0 Å². The van der Waals surface area contributed by atoms with Crippen molar-refractivity contribution in [2.24, 2.45) is 5.92 Å². The predicted octanol–water partition coefficient (Wildman–Crippen LogP) is 3.80. The van der Waals surface area contributed by atoms with Gasteiger partial charge in [0.05, 0.1) is 5.92 Å². The number of carbonyl (C=O) groups is 1. The van der Waals surface area contributed by atoms with Crippen molar-refractivity contribution in [3.8, 4) is 0 Å². The highest BCUT2D eigenvalue weighted by atomic mass is 35.5. The number of carboxylic acid groups (broad SMARTS) is 1. The van der Waals surface area contributed by atoms with Crippen LogP contribution in [0, 0.1) is 5.92 Å². The summed E-state index contributed by atoms with van der Waals surface area (Å²) in [6.45, 7) is 2.80. The Kier molecular flexibility index (Phi) is 6.45. The third kappa shape index (κ3) is 5.53. The number of carboxylic acids is 1. The lowest BCUT2D eigenvalue weighted by atomic mass is 9.86. The molecule has 0 bridgehead atoms. The first-order valence-electron chi connectivity index (χ1n) is 9.21. The zero-order valence-corrected chi connectivity index (χ0v) is 16.0. The van der Waals surface area contributed by atoms with E-state index in [9.17, 15) is 4.79 Å². The maximum Gasteiger partial charge on any atom is 0.306 e. The fourth-order valence-electron chi connectivity index (χ4n) is 3.30. The average Bonchev–Trinajstić information content (AvgIpc) is 2.67. The Morgan fingerprint density at radius 3 is 2.48 bits per heavy atom. The van der Waals surface area contributed by atoms with Crippen LogP contribution in [-0.2, 0) is 4.79 Å². The van der Waals surface area contributed by atoms with Crippen LogP contribution in [0.1, 0.15) is 44.1 Å². The van der Waals surface area contributed by atoms with Gasteiger partial charge in [0.2, 0.25) is 17.2 Å². The van der Waals surface area contributed by atoms with Crippen LogP contribution in [0.2, 0.25) is 5.28 Å². The summed E-state index contributed by atoms with van der Waals surface area (Å²) in [4.78, 5) is 23.7. The number of halogens is 1. The minimum Gasteiger partial charge on any atom is -0.481 e. The van der Waals surface area contributed by atoms with E-state index in [0.717, 1.165) is 12.8 Å². The highest BCUT2D eigenvalue weighted by molar-refractivity contribution is 6.28. The van der Waals surface area contributed by atoms with Crippen molar-refractivity contribution in [3.05, 3.63) is 41.2 Å². The van der Waals surface area contributed by atoms with Crippen LogP contribution < -0.4 is 10.6 Å². The molecule has 0 unspecified atom stereocenters. The smallest absolute Gasteiger partial charge is 0.306 e. The number of hydrogen-bond acceptors (Lipinski definition) is 6. The summed E-state index contributed by atoms with van der Waals surface area (Å²) in [5, 5.41) is 15.7. The number of benzene rings is 1. The molecular weight excluding hydrogens is 366 g/mol. The number of rotatable bonds is 7. The summed E-state index contributed by atoms with van der Waals surface area (Å²) in [5.74, 6) is 0.185. The van der Waals surface area contributed by atoms with Crippen LogP contribution in [0.4, 0.5) is 11.9 Å². The van der Waals surface area contributed by atoms with E-state index in [-0.39, 0.29) is 17.2 Å². The van der Waals surface area contributed by atoms with E-state index in [2.05, 4.69) is 44.6 Å². The molecule has 1 aliphatic carbocycles. The molecule has 0 aliphatic heterocycles. The van der Waals surface area contributed by atoms with Crippen molar-refractivity contribution in [3.63, 3.8) is 0 Å². The second-order valence-corrected chi connectivity index (χ2v) is 7.31. The van der Waals surface area contributed by atoms with Crippen molar-refractivity contribution in [1.82, 2.24) is 15.0 Å². The van der Waals surface area contributed by atoms with Gasteiger partial charge in [0, 0.05) is 12.6 Å². The van der Waals surface area contributed by atoms with Gasteiger partial charge in [-0.1, -0.05) is 37.3 Å². The lowest BCUT2D eigenvalue weighted by Gasteiger charge is -2.26.